The van der Waals surface area contributed by atoms with Gasteiger partial charge in [-0.25, -0.2) is 15.0 Å². The van der Waals surface area contributed by atoms with Crippen LogP contribution >= 0.6 is 0 Å². The minimum Gasteiger partial charge on any atom is -0.370 e. The monoisotopic (exact) mass is 483 g/mol. The van der Waals surface area contributed by atoms with Crippen molar-refractivity contribution in [2.45, 2.75) is 51.1 Å². The fourth-order valence-corrected chi connectivity index (χ4v) is 5.16. The topological polar surface area (TPSA) is 123 Å². The van der Waals surface area contributed by atoms with Crippen molar-refractivity contribution >= 4 is 34.2 Å². The molecule has 1 fully saturated rings. The molecule has 1 aliphatic heterocycles. The minimum atomic E-state index is -0.159. The van der Waals surface area contributed by atoms with Crippen LogP contribution in [0.2, 0.25) is 0 Å². The van der Waals surface area contributed by atoms with Crippen molar-refractivity contribution in [3.05, 3.63) is 71.6 Å². The Bertz CT molecular complexity index is 1310. The molecule has 0 spiro atoms. The number of aryl methyl sites for hydroxylation is 1. The first-order valence-corrected chi connectivity index (χ1v) is 12.7. The molecule has 3 aromatic rings. The van der Waals surface area contributed by atoms with Crippen LogP contribution in [-0.2, 0) is 0 Å². The number of hydrogen-bond acceptors (Lipinski definition) is 5. The molecule has 2 aromatic carbocycles. The molecule has 0 saturated heterocycles. The van der Waals surface area contributed by atoms with E-state index in [2.05, 4.69) is 39.6 Å². The molecule has 5 N–H and O–H groups in total. The zero-order valence-electron chi connectivity index (χ0n) is 20.7. The second-order valence-electron chi connectivity index (χ2n) is 9.67. The quantitative estimate of drug-likeness (QED) is 0.374. The summed E-state index contributed by atoms with van der Waals surface area (Å²) in [5.41, 5.74) is 15.7. The summed E-state index contributed by atoms with van der Waals surface area (Å²) in [7, 11) is 0. The van der Waals surface area contributed by atoms with Crippen LogP contribution in [-0.4, -0.2) is 51.9 Å². The number of hydrogen-bond donors (Lipinski definition) is 3. The van der Waals surface area contributed by atoms with Gasteiger partial charge in [0.05, 0.1) is 17.6 Å². The molecule has 0 radical (unpaired) electrons. The molecule has 1 saturated carbocycles. The van der Waals surface area contributed by atoms with Crippen molar-refractivity contribution in [2.75, 3.05) is 18.4 Å². The van der Waals surface area contributed by atoms with Crippen LogP contribution in [0.25, 0.3) is 16.5 Å². The molecule has 36 heavy (non-hydrogen) atoms. The molecule has 8 heteroatoms. The third kappa shape index (κ3) is 5.17. The van der Waals surface area contributed by atoms with Gasteiger partial charge in [0.1, 0.15) is 5.82 Å². The molecule has 2 aliphatic rings. The SMILES string of the molecule is Cc1ccc2nc(C(=O)N3CC=C(c4ccccc4)CC3)nc(NC3CCCCC3N=C(N)N)c2c1. The Balaban J connectivity index is 1.43. The predicted molar refractivity (Wildman–Crippen MR) is 145 cm³/mol. The Morgan fingerprint density at radius 3 is 2.64 bits per heavy atom. The summed E-state index contributed by atoms with van der Waals surface area (Å²) in [6.45, 7) is 3.21. The summed E-state index contributed by atoms with van der Waals surface area (Å²) in [5.74, 6) is 0.807. The highest BCUT2D eigenvalue weighted by Gasteiger charge is 2.27. The molecule has 1 amide bonds. The summed E-state index contributed by atoms with van der Waals surface area (Å²) in [5, 5.41) is 4.48. The number of benzene rings is 2. The third-order valence-corrected chi connectivity index (χ3v) is 7.05. The lowest BCUT2D eigenvalue weighted by Gasteiger charge is -2.30. The summed E-state index contributed by atoms with van der Waals surface area (Å²) >= 11 is 0. The van der Waals surface area contributed by atoms with Crippen LogP contribution in [0.3, 0.4) is 0 Å². The number of aromatic nitrogens is 2. The van der Waals surface area contributed by atoms with E-state index in [1.54, 1.807) is 0 Å². The molecule has 186 valence electrons. The van der Waals surface area contributed by atoms with Crippen LogP contribution in [0.1, 0.15) is 53.8 Å². The minimum absolute atomic E-state index is 0.0265. The van der Waals surface area contributed by atoms with E-state index in [9.17, 15) is 4.79 Å². The standard InChI is InChI=1S/C28H33N7O/c1-18-11-12-22-21(17-18)25(32-23-9-5-6-10-24(23)33-28(29)30)34-26(31-22)27(36)35-15-13-20(14-16-35)19-7-3-2-4-8-19/h2-4,7-8,11-13,17,23-24H,5-6,9-10,14-16H2,1H3,(H4,29,30,33)(H,31,32,34). The molecule has 1 aliphatic carbocycles. The number of rotatable bonds is 5. The highest BCUT2D eigenvalue weighted by molar-refractivity contribution is 5.97. The Morgan fingerprint density at radius 1 is 1.08 bits per heavy atom. The lowest BCUT2D eigenvalue weighted by molar-refractivity contribution is 0.0761. The van der Waals surface area contributed by atoms with E-state index < -0.39 is 0 Å². The number of fused-ring (bicyclic) bond motifs is 1. The molecule has 0 bridgehead atoms. The second-order valence-corrected chi connectivity index (χ2v) is 9.67. The van der Waals surface area contributed by atoms with E-state index in [1.165, 1.54) is 11.1 Å². The van der Waals surface area contributed by atoms with Gasteiger partial charge in [0, 0.05) is 18.5 Å². The summed E-state index contributed by atoms with van der Waals surface area (Å²) < 4.78 is 0. The average molecular weight is 484 g/mol. The number of nitrogens with two attached hydrogens (primary N) is 2. The number of guanidine groups is 1. The number of carbonyl (C=O) groups is 1. The van der Waals surface area contributed by atoms with Crippen LogP contribution in [0.15, 0.2) is 59.6 Å². The normalized spacial score (nSPS) is 20.0. The van der Waals surface area contributed by atoms with Crippen molar-refractivity contribution in [1.29, 1.82) is 0 Å². The second kappa shape index (κ2) is 10.4. The van der Waals surface area contributed by atoms with Gasteiger partial charge in [-0.05, 0) is 49.5 Å². The lowest BCUT2D eigenvalue weighted by Crippen LogP contribution is -2.39. The number of nitrogens with one attached hydrogen (secondary N) is 1. The molecule has 2 heterocycles. The largest absolute Gasteiger partial charge is 0.370 e. The molecule has 1 aromatic heterocycles. The van der Waals surface area contributed by atoms with E-state index in [0.717, 1.165) is 48.6 Å². The van der Waals surface area contributed by atoms with E-state index in [1.807, 2.05) is 42.2 Å². The van der Waals surface area contributed by atoms with Gasteiger partial charge in [-0.2, -0.15) is 0 Å². The first-order valence-electron chi connectivity index (χ1n) is 12.7. The van der Waals surface area contributed by atoms with Gasteiger partial charge < -0.3 is 21.7 Å². The van der Waals surface area contributed by atoms with E-state index in [-0.39, 0.29) is 29.8 Å². The fraction of sp³-hybridized carbons (Fsp3) is 0.357. The van der Waals surface area contributed by atoms with E-state index in [0.29, 0.717) is 18.9 Å². The smallest absolute Gasteiger partial charge is 0.292 e. The molecule has 5 rings (SSSR count). The Morgan fingerprint density at radius 2 is 1.89 bits per heavy atom. The molecule has 8 nitrogen and oxygen atoms in total. The zero-order chi connectivity index (χ0) is 25.1. The van der Waals surface area contributed by atoms with Crippen LogP contribution < -0.4 is 16.8 Å². The van der Waals surface area contributed by atoms with Crippen molar-refractivity contribution in [2.24, 2.45) is 16.5 Å². The molecule has 2 atom stereocenters. The number of amides is 1. The Hall–Kier alpha value is -3.94. The Labute approximate surface area is 211 Å². The van der Waals surface area contributed by atoms with E-state index in [4.69, 9.17) is 16.5 Å². The zero-order valence-corrected chi connectivity index (χ0v) is 20.7. The maximum atomic E-state index is 13.5. The summed E-state index contributed by atoms with van der Waals surface area (Å²) in [6.07, 6.45) is 6.94. The van der Waals surface area contributed by atoms with Crippen LogP contribution in [0, 0.1) is 6.92 Å². The van der Waals surface area contributed by atoms with Crippen molar-refractivity contribution in [3.63, 3.8) is 0 Å². The summed E-state index contributed by atoms with van der Waals surface area (Å²) in [6, 6.07) is 16.3. The number of anilines is 1. The fourth-order valence-electron chi connectivity index (χ4n) is 5.16. The van der Waals surface area contributed by atoms with Crippen LogP contribution in [0.4, 0.5) is 5.82 Å². The van der Waals surface area contributed by atoms with Crippen molar-refractivity contribution in [1.82, 2.24) is 14.9 Å². The Kier molecular flexibility index (Phi) is 6.84. The maximum absolute atomic E-state index is 13.5. The first kappa shape index (κ1) is 23.8. The summed E-state index contributed by atoms with van der Waals surface area (Å²) in [4.78, 5) is 29.2. The molecular formula is C28H33N7O. The van der Waals surface area contributed by atoms with Gasteiger partial charge in [0.15, 0.2) is 5.96 Å². The lowest BCUT2D eigenvalue weighted by atomic mass is 9.90. The van der Waals surface area contributed by atoms with Gasteiger partial charge in [-0.3, -0.25) is 4.79 Å². The van der Waals surface area contributed by atoms with Crippen molar-refractivity contribution < 1.29 is 4.79 Å². The predicted octanol–water partition coefficient (Wildman–Crippen LogP) is 3.86. The van der Waals surface area contributed by atoms with Crippen LogP contribution in [0.5, 0.6) is 0 Å². The maximum Gasteiger partial charge on any atom is 0.292 e. The van der Waals surface area contributed by atoms with E-state index >= 15 is 0 Å². The van der Waals surface area contributed by atoms with Crippen molar-refractivity contribution in [3.8, 4) is 0 Å². The van der Waals surface area contributed by atoms with Gasteiger partial charge in [-0.1, -0.05) is 60.9 Å². The third-order valence-electron chi connectivity index (χ3n) is 7.05. The highest BCUT2D eigenvalue weighted by Crippen LogP contribution is 2.29. The number of carbonyl (C=O) groups excluding carboxylic acids is 1. The van der Waals surface area contributed by atoms with Gasteiger partial charge in [0.25, 0.3) is 5.91 Å². The first-order chi connectivity index (χ1) is 17.5. The van der Waals surface area contributed by atoms with Gasteiger partial charge in [-0.15, -0.1) is 0 Å². The average Bonchev–Trinajstić information content (AvgIpc) is 2.90. The number of aliphatic imine (C=N–C) groups is 1. The molecule has 2 unspecified atom stereocenters. The number of nitrogens with zero attached hydrogens (tertiary/aromatic N) is 4. The van der Waals surface area contributed by atoms with Gasteiger partial charge in [0.2, 0.25) is 5.82 Å². The molecular weight excluding hydrogens is 450 g/mol. The highest BCUT2D eigenvalue weighted by atomic mass is 16.2. The van der Waals surface area contributed by atoms with Gasteiger partial charge >= 0.3 is 0 Å².